The van der Waals surface area contributed by atoms with Crippen molar-refractivity contribution < 1.29 is 27.5 Å². The number of sulfonamides is 1. The number of hydrogen-bond donors (Lipinski definition) is 1. The van der Waals surface area contributed by atoms with Crippen LogP contribution >= 0.6 is 11.6 Å². The number of rotatable bonds is 8. The zero-order chi connectivity index (χ0) is 25.7. The van der Waals surface area contributed by atoms with Crippen molar-refractivity contribution in [1.82, 2.24) is 4.90 Å². The number of nitrogens with one attached hydrogen (secondary N) is 1. The van der Waals surface area contributed by atoms with E-state index < -0.39 is 16.1 Å². The molecule has 1 aliphatic heterocycles. The van der Waals surface area contributed by atoms with E-state index in [1.165, 1.54) is 42.5 Å². The molecule has 1 atom stereocenters. The SMILES string of the molecule is C[C@@H](Oc1ccc(S(=O)(=O)Nc2ccc(Cl)cc2C(=O)c2ccccc2)cc1)C(=O)N1CCOCC1. The van der Waals surface area contributed by atoms with Crippen LogP contribution in [0.2, 0.25) is 5.02 Å². The molecule has 10 heteroatoms. The van der Waals surface area contributed by atoms with E-state index in [4.69, 9.17) is 21.1 Å². The smallest absolute Gasteiger partial charge is 0.263 e. The molecular weight excluding hydrogens is 504 g/mol. The van der Waals surface area contributed by atoms with Gasteiger partial charge in [-0.25, -0.2) is 8.42 Å². The van der Waals surface area contributed by atoms with Gasteiger partial charge in [-0.05, 0) is 49.4 Å². The summed E-state index contributed by atoms with van der Waals surface area (Å²) in [5, 5.41) is 0.305. The standard InChI is InChI=1S/C26H25ClN2O6S/c1-18(26(31)29-13-15-34-16-14-29)35-21-8-10-22(11-9-21)36(32,33)28-24-12-7-20(27)17-23(24)25(30)19-5-3-2-4-6-19/h2-12,17-18,28H,13-16H2,1H3/t18-/m1/s1. The molecule has 1 fully saturated rings. The van der Waals surface area contributed by atoms with E-state index >= 15 is 0 Å². The summed E-state index contributed by atoms with van der Waals surface area (Å²) >= 11 is 6.09. The van der Waals surface area contributed by atoms with Crippen LogP contribution in [0.1, 0.15) is 22.8 Å². The van der Waals surface area contributed by atoms with E-state index in [9.17, 15) is 18.0 Å². The van der Waals surface area contributed by atoms with Crippen molar-refractivity contribution in [3.8, 4) is 5.75 Å². The average Bonchev–Trinajstić information content (AvgIpc) is 2.90. The number of morpholine rings is 1. The summed E-state index contributed by atoms with van der Waals surface area (Å²) in [6, 6.07) is 18.6. The Morgan fingerprint density at radius 2 is 1.67 bits per heavy atom. The lowest BCUT2D eigenvalue weighted by atomic mass is 10.0. The van der Waals surface area contributed by atoms with Gasteiger partial charge >= 0.3 is 0 Å². The lowest BCUT2D eigenvalue weighted by Crippen LogP contribution is -2.46. The van der Waals surface area contributed by atoms with E-state index in [-0.39, 0.29) is 27.8 Å². The molecule has 36 heavy (non-hydrogen) atoms. The molecule has 0 bridgehead atoms. The summed E-state index contributed by atoms with van der Waals surface area (Å²) in [7, 11) is -4.03. The van der Waals surface area contributed by atoms with Crippen LogP contribution in [0.3, 0.4) is 0 Å². The van der Waals surface area contributed by atoms with Crippen molar-refractivity contribution in [1.29, 1.82) is 0 Å². The van der Waals surface area contributed by atoms with E-state index in [0.29, 0.717) is 42.6 Å². The summed E-state index contributed by atoms with van der Waals surface area (Å²) in [6.45, 7) is 3.65. The maximum atomic E-state index is 13.1. The Hall–Kier alpha value is -3.40. The van der Waals surface area contributed by atoms with Crippen molar-refractivity contribution in [2.24, 2.45) is 0 Å². The molecule has 0 saturated carbocycles. The molecule has 1 N–H and O–H groups in total. The Kier molecular flexibility index (Phi) is 7.93. The van der Waals surface area contributed by atoms with Crippen molar-refractivity contribution in [2.75, 3.05) is 31.0 Å². The van der Waals surface area contributed by atoms with Gasteiger partial charge in [-0.1, -0.05) is 41.9 Å². The van der Waals surface area contributed by atoms with Crippen molar-refractivity contribution in [3.63, 3.8) is 0 Å². The summed E-state index contributed by atoms with van der Waals surface area (Å²) in [4.78, 5) is 27.2. The van der Waals surface area contributed by atoms with Gasteiger partial charge in [0.05, 0.1) is 23.8 Å². The van der Waals surface area contributed by atoms with Gasteiger partial charge in [0.25, 0.3) is 15.9 Å². The molecule has 8 nitrogen and oxygen atoms in total. The normalized spacial score (nSPS) is 14.7. The number of ether oxygens (including phenoxy) is 2. The van der Waals surface area contributed by atoms with Crippen molar-refractivity contribution >= 4 is 39.0 Å². The number of carbonyl (C=O) groups excluding carboxylic acids is 2. The molecule has 3 aromatic carbocycles. The topological polar surface area (TPSA) is 102 Å². The number of anilines is 1. The summed E-state index contributed by atoms with van der Waals surface area (Å²) in [6.07, 6.45) is -0.732. The third kappa shape index (κ3) is 6.04. The quantitative estimate of drug-likeness (QED) is 0.443. The fourth-order valence-corrected chi connectivity index (χ4v) is 4.99. The number of ketones is 1. The summed E-state index contributed by atoms with van der Waals surface area (Å²) < 4.78 is 39.6. The van der Waals surface area contributed by atoms with Crippen molar-refractivity contribution in [2.45, 2.75) is 17.9 Å². The highest BCUT2D eigenvalue weighted by Crippen LogP contribution is 2.27. The predicted molar refractivity (Wildman–Crippen MR) is 136 cm³/mol. The molecule has 1 heterocycles. The fourth-order valence-electron chi connectivity index (χ4n) is 3.73. The maximum Gasteiger partial charge on any atom is 0.263 e. The third-order valence-corrected chi connectivity index (χ3v) is 7.24. The first kappa shape index (κ1) is 25.7. The van der Waals surface area contributed by atoms with Crippen LogP contribution in [0.15, 0.2) is 77.7 Å². The van der Waals surface area contributed by atoms with E-state index in [1.54, 1.807) is 42.2 Å². The Balaban J connectivity index is 1.49. The molecule has 1 amide bonds. The molecule has 0 aromatic heterocycles. The van der Waals surface area contributed by atoms with Gasteiger partial charge in [-0.15, -0.1) is 0 Å². The van der Waals surface area contributed by atoms with Gasteiger partial charge in [0.2, 0.25) is 0 Å². The van der Waals surface area contributed by atoms with Crippen LogP contribution in [0.25, 0.3) is 0 Å². The molecule has 0 spiro atoms. The third-order valence-electron chi connectivity index (χ3n) is 5.62. The largest absolute Gasteiger partial charge is 0.481 e. The number of halogens is 1. The van der Waals surface area contributed by atoms with E-state index in [2.05, 4.69) is 4.72 Å². The van der Waals surface area contributed by atoms with Gasteiger partial charge in [0.15, 0.2) is 11.9 Å². The summed E-state index contributed by atoms with van der Waals surface area (Å²) in [5.41, 5.74) is 0.647. The number of nitrogens with zero attached hydrogens (tertiary/aromatic N) is 1. The molecule has 1 aliphatic rings. The Labute approximate surface area is 214 Å². The minimum atomic E-state index is -4.03. The number of carbonyl (C=O) groups is 2. The first-order valence-corrected chi connectivity index (χ1v) is 13.2. The second-order valence-corrected chi connectivity index (χ2v) is 10.3. The van der Waals surface area contributed by atoms with Crippen LogP contribution in [-0.4, -0.2) is 57.4 Å². The number of benzene rings is 3. The fraction of sp³-hybridized carbons (Fsp3) is 0.231. The van der Waals surface area contributed by atoms with Gasteiger partial charge < -0.3 is 14.4 Å². The van der Waals surface area contributed by atoms with Gasteiger partial charge in [-0.2, -0.15) is 0 Å². The first-order valence-electron chi connectivity index (χ1n) is 11.3. The highest BCUT2D eigenvalue weighted by molar-refractivity contribution is 7.92. The van der Waals surface area contributed by atoms with Crippen LogP contribution in [0.4, 0.5) is 5.69 Å². The first-order chi connectivity index (χ1) is 17.2. The predicted octanol–water partition coefficient (Wildman–Crippen LogP) is 4.00. The highest BCUT2D eigenvalue weighted by atomic mass is 35.5. The minimum absolute atomic E-state index is 0.0323. The lowest BCUT2D eigenvalue weighted by Gasteiger charge is -2.29. The molecule has 1 saturated heterocycles. The molecule has 3 aromatic rings. The van der Waals surface area contributed by atoms with Crippen LogP contribution in [0, 0.1) is 0 Å². The number of hydrogen-bond acceptors (Lipinski definition) is 6. The van der Waals surface area contributed by atoms with Gasteiger partial charge in [-0.3, -0.25) is 14.3 Å². The van der Waals surface area contributed by atoms with Crippen LogP contribution < -0.4 is 9.46 Å². The van der Waals surface area contributed by atoms with Gasteiger partial charge in [0, 0.05) is 29.2 Å². The second-order valence-electron chi connectivity index (χ2n) is 8.16. The average molecular weight is 529 g/mol. The van der Waals surface area contributed by atoms with Crippen molar-refractivity contribution in [3.05, 3.63) is 88.9 Å². The zero-order valence-corrected chi connectivity index (χ0v) is 21.1. The molecular formula is C26H25ClN2O6S. The Bertz CT molecular complexity index is 1340. The zero-order valence-electron chi connectivity index (χ0n) is 19.5. The van der Waals surface area contributed by atoms with E-state index in [0.717, 1.165) is 0 Å². The molecule has 4 rings (SSSR count). The molecule has 188 valence electrons. The lowest BCUT2D eigenvalue weighted by molar-refractivity contribution is -0.142. The van der Waals surface area contributed by atoms with Crippen LogP contribution in [0.5, 0.6) is 5.75 Å². The number of amides is 1. The minimum Gasteiger partial charge on any atom is -0.481 e. The highest BCUT2D eigenvalue weighted by Gasteiger charge is 2.24. The van der Waals surface area contributed by atoms with E-state index in [1.807, 2.05) is 0 Å². The maximum absolute atomic E-state index is 13.1. The van der Waals surface area contributed by atoms with Gasteiger partial charge in [0.1, 0.15) is 5.75 Å². The Morgan fingerprint density at radius 1 is 1.00 bits per heavy atom. The molecule has 0 unspecified atom stereocenters. The van der Waals surface area contributed by atoms with Crippen LogP contribution in [-0.2, 0) is 19.6 Å². The molecule has 0 aliphatic carbocycles. The monoisotopic (exact) mass is 528 g/mol. The Morgan fingerprint density at radius 3 is 2.33 bits per heavy atom. The second kappa shape index (κ2) is 11.1. The summed E-state index contributed by atoms with van der Waals surface area (Å²) in [5.74, 6) is -0.164. The molecule has 0 radical (unpaired) electrons.